The minimum atomic E-state index is -0.133. The molecule has 22 heavy (non-hydrogen) atoms. The molecule has 1 aromatic heterocycles. The van der Waals surface area contributed by atoms with Crippen LogP contribution < -0.4 is 5.56 Å². The summed E-state index contributed by atoms with van der Waals surface area (Å²) in [5.74, 6) is 0. The molecule has 1 heterocycles. The number of pyridine rings is 1. The van der Waals surface area contributed by atoms with Crippen LogP contribution in [0, 0.1) is 6.92 Å². The lowest BCUT2D eigenvalue weighted by molar-refractivity contribution is 0.644. The topological polar surface area (TPSA) is 22.0 Å². The van der Waals surface area contributed by atoms with Crippen LogP contribution in [0.3, 0.4) is 0 Å². The van der Waals surface area contributed by atoms with Crippen molar-refractivity contribution in [3.8, 4) is 0 Å². The zero-order chi connectivity index (χ0) is 15.5. The van der Waals surface area contributed by atoms with Crippen molar-refractivity contribution in [2.75, 3.05) is 0 Å². The molecule has 0 aliphatic rings. The summed E-state index contributed by atoms with van der Waals surface area (Å²) in [4.78, 5) is 12.7. The van der Waals surface area contributed by atoms with Crippen molar-refractivity contribution >= 4 is 15.9 Å². The Bertz CT molecular complexity index is 786. The molecule has 0 N–H and O–H groups in total. The number of hydrogen-bond donors (Lipinski definition) is 0. The summed E-state index contributed by atoms with van der Waals surface area (Å²) in [5, 5.41) is 0. The zero-order valence-corrected chi connectivity index (χ0v) is 13.8. The molecule has 0 saturated heterocycles. The molecule has 0 radical (unpaired) electrons. The van der Waals surface area contributed by atoms with E-state index in [1.165, 1.54) is 0 Å². The van der Waals surface area contributed by atoms with E-state index in [0.717, 1.165) is 21.2 Å². The monoisotopic (exact) mass is 353 g/mol. The first-order valence-corrected chi connectivity index (χ1v) is 7.94. The van der Waals surface area contributed by atoms with E-state index in [0.29, 0.717) is 0 Å². The maximum Gasteiger partial charge on any atom is 0.254 e. The first-order valence-electron chi connectivity index (χ1n) is 7.15. The van der Waals surface area contributed by atoms with Crippen molar-refractivity contribution in [1.29, 1.82) is 0 Å². The molecule has 0 saturated carbocycles. The van der Waals surface area contributed by atoms with E-state index in [1.54, 1.807) is 4.57 Å². The van der Waals surface area contributed by atoms with Crippen LogP contribution in [0.15, 0.2) is 82.2 Å². The van der Waals surface area contributed by atoms with Crippen molar-refractivity contribution in [1.82, 2.24) is 4.57 Å². The normalized spacial score (nSPS) is 10.9. The number of hydrogen-bond acceptors (Lipinski definition) is 1. The van der Waals surface area contributed by atoms with Crippen molar-refractivity contribution < 1.29 is 0 Å². The summed E-state index contributed by atoms with van der Waals surface area (Å²) >= 11 is 3.50. The predicted octanol–water partition coefficient (Wildman–Crippen LogP) is 4.56. The van der Waals surface area contributed by atoms with E-state index < -0.39 is 0 Å². The minimum absolute atomic E-state index is 0.0286. The largest absolute Gasteiger partial charge is 0.303 e. The highest BCUT2D eigenvalue weighted by Crippen LogP contribution is 2.26. The summed E-state index contributed by atoms with van der Waals surface area (Å²) < 4.78 is 2.70. The Morgan fingerprint density at radius 1 is 0.909 bits per heavy atom. The molecular formula is C19H16BrNO. The first kappa shape index (κ1) is 14.8. The lowest BCUT2D eigenvalue weighted by Gasteiger charge is -2.22. The van der Waals surface area contributed by atoms with E-state index in [9.17, 15) is 4.79 Å². The van der Waals surface area contributed by atoms with Gasteiger partial charge in [0.05, 0.1) is 6.04 Å². The molecule has 2 aromatic carbocycles. The fourth-order valence-electron chi connectivity index (χ4n) is 2.68. The smallest absolute Gasteiger partial charge is 0.254 e. The number of nitrogens with zero attached hydrogens (tertiary/aromatic N) is 1. The molecule has 110 valence electrons. The van der Waals surface area contributed by atoms with Crippen molar-refractivity contribution in [2.24, 2.45) is 0 Å². The second-order valence-electron chi connectivity index (χ2n) is 5.28. The van der Waals surface area contributed by atoms with Gasteiger partial charge in [0.15, 0.2) is 0 Å². The molecule has 0 unspecified atom stereocenters. The Balaban J connectivity index is 2.26. The highest BCUT2D eigenvalue weighted by atomic mass is 79.9. The van der Waals surface area contributed by atoms with Gasteiger partial charge in [-0.1, -0.05) is 60.7 Å². The third-order valence-electron chi connectivity index (χ3n) is 3.70. The van der Waals surface area contributed by atoms with Crippen LogP contribution >= 0.6 is 15.9 Å². The maximum absolute atomic E-state index is 12.7. The van der Waals surface area contributed by atoms with Gasteiger partial charge in [-0.3, -0.25) is 4.79 Å². The van der Waals surface area contributed by atoms with E-state index in [-0.39, 0.29) is 11.6 Å². The SMILES string of the molecule is Cc1cc(Br)cn(C(c2ccccc2)c2ccccc2)c1=O. The Morgan fingerprint density at radius 3 is 1.91 bits per heavy atom. The molecule has 3 aromatic rings. The number of aromatic nitrogens is 1. The average Bonchev–Trinajstić information content (AvgIpc) is 2.54. The average molecular weight is 354 g/mol. The molecule has 3 heteroatoms. The molecule has 0 atom stereocenters. The standard InChI is InChI=1S/C19H16BrNO/c1-14-12-17(20)13-21(19(14)22)18(15-8-4-2-5-9-15)16-10-6-3-7-11-16/h2-13,18H,1H3. The van der Waals surface area contributed by atoms with E-state index in [4.69, 9.17) is 0 Å². The Morgan fingerprint density at radius 2 is 1.41 bits per heavy atom. The Kier molecular flexibility index (Phi) is 4.25. The summed E-state index contributed by atoms with van der Waals surface area (Å²) in [5.41, 5.74) is 2.94. The molecular weight excluding hydrogens is 338 g/mol. The molecule has 0 amide bonds. The third kappa shape index (κ3) is 2.90. The number of halogens is 1. The highest BCUT2D eigenvalue weighted by Gasteiger charge is 2.18. The number of rotatable bonds is 3. The molecule has 0 spiro atoms. The van der Waals surface area contributed by atoms with E-state index in [1.807, 2.05) is 55.6 Å². The van der Waals surface area contributed by atoms with Crippen LogP contribution in [0.5, 0.6) is 0 Å². The van der Waals surface area contributed by atoms with E-state index in [2.05, 4.69) is 40.2 Å². The molecule has 0 aliphatic carbocycles. The fourth-order valence-corrected chi connectivity index (χ4v) is 3.24. The summed E-state index contributed by atoms with van der Waals surface area (Å²) in [7, 11) is 0. The molecule has 2 nitrogen and oxygen atoms in total. The van der Waals surface area contributed by atoms with Crippen LogP contribution in [0.2, 0.25) is 0 Å². The van der Waals surface area contributed by atoms with Crippen molar-refractivity contribution in [3.05, 3.63) is 104 Å². The van der Waals surface area contributed by atoms with Gasteiger partial charge in [-0.25, -0.2) is 0 Å². The lowest BCUT2D eigenvalue weighted by atomic mass is 9.98. The van der Waals surface area contributed by atoms with Crippen LogP contribution in [0.25, 0.3) is 0 Å². The maximum atomic E-state index is 12.7. The lowest BCUT2D eigenvalue weighted by Crippen LogP contribution is -2.27. The van der Waals surface area contributed by atoms with Gasteiger partial charge in [-0.05, 0) is 40.0 Å². The van der Waals surface area contributed by atoms with Gasteiger partial charge in [-0.15, -0.1) is 0 Å². The predicted molar refractivity (Wildman–Crippen MR) is 93.3 cm³/mol. The summed E-state index contributed by atoms with van der Waals surface area (Å²) in [6.45, 7) is 1.84. The van der Waals surface area contributed by atoms with Crippen molar-refractivity contribution in [3.63, 3.8) is 0 Å². The second kappa shape index (κ2) is 6.32. The van der Waals surface area contributed by atoms with Gasteiger partial charge >= 0.3 is 0 Å². The van der Waals surface area contributed by atoms with Crippen molar-refractivity contribution in [2.45, 2.75) is 13.0 Å². The molecule has 0 bridgehead atoms. The van der Waals surface area contributed by atoms with Crippen LogP contribution in [-0.4, -0.2) is 4.57 Å². The Labute approximate surface area is 138 Å². The molecule has 0 fully saturated rings. The quantitative estimate of drug-likeness (QED) is 0.676. The van der Waals surface area contributed by atoms with Gasteiger partial charge in [0, 0.05) is 16.2 Å². The van der Waals surface area contributed by atoms with Gasteiger partial charge in [0.25, 0.3) is 5.56 Å². The highest BCUT2D eigenvalue weighted by molar-refractivity contribution is 9.10. The van der Waals surface area contributed by atoms with Crippen LogP contribution in [0.4, 0.5) is 0 Å². The fraction of sp³-hybridized carbons (Fsp3) is 0.105. The number of benzene rings is 2. The van der Waals surface area contributed by atoms with Gasteiger partial charge in [0.1, 0.15) is 0 Å². The second-order valence-corrected chi connectivity index (χ2v) is 6.19. The van der Waals surface area contributed by atoms with E-state index >= 15 is 0 Å². The zero-order valence-electron chi connectivity index (χ0n) is 12.2. The molecule has 0 aliphatic heterocycles. The first-order chi connectivity index (χ1) is 10.7. The van der Waals surface area contributed by atoms with Gasteiger partial charge in [-0.2, -0.15) is 0 Å². The minimum Gasteiger partial charge on any atom is -0.303 e. The summed E-state index contributed by atoms with van der Waals surface area (Å²) in [6.07, 6.45) is 1.86. The van der Waals surface area contributed by atoms with Gasteiger partial charge in [0.2, 0.25) is 0 Å². The van der Waals surface area contributed by atoms with Gasteiger partial charge < -0.3 is 4.57 Å². The Hall–Kier alpha value is -2.13. The third-order valence-corrected chi connectivity index (χ3v) is 4.13. The van der Waals surface area contributed by atoms with Crippen LogP contribution in [0.1, 0.15) is 22.7 Å². The summed E-state index contributed by atoms with van der Waals surface area (Å²) in [6, 6.07) is 21.9. The van der Waals surface area contributed by atoms with Crippen LogP contribution in [-0.2, 0) is 0 Å². The molecule has 3 rings (SSSR count). The number of aryl methyl sites for hydroxylation is 1.